The first-order chi connectivity index (χ1) is 10.0. The largest absolute Gasteiger partial charge is 0.370 e. The zero-order chi connectivity index (χ0) is 15.2. The highest BCUT2D eigenvalue weighted by atomic mass is 16.1. The summed E-state index contributed by atoms with van der Waals surface area (Å²) in [5.41, 5.74) is 11.7. The molecule has 0 amide bonds. The van der Waals surface area contributed by atoms with Gasteiger partial charge in [-0.05, 0) is 19.1 Å². The van der Waals surface area contributed by atoms with E-state index in [0.717, 1.165) is 5.69 Å². The normalized spacial score (nSPS) is 11.0. The average molecular weight is 285 g/mol. The van der Waals surface area contributed by atoms with E-state index in [1.165, 1.54) is 6.07 Å². The highest BCUT2D eigenvalue weighted by Gasteiger charge is 2.02. The zero-order valence-electron chi connectivity index (χ0n) is 11.4. The van der Waals surface area contributed by atoms with Crippen molar-refractivity contribution in [2.24, 2.45) is 21.5 Å². The van der Waals surface area contributed by atoms with Crippen molar-refractivity contribution in [3.8, 4) is 0 Å². The smallest absolute Gasteiger partial charge is 0.252 e. The van der Waals surface area contributed by atoms with Gasteiger partial charge in [-0.25, -0.2) is 4.98 Å². The number of rotatable bonds is 2. The van der Waals surface area contributed by atoms with Crippen LogP contribution in [0.3, 0.4) is 0 Å². The van der Waals surface area contributed by atoms with E-state index in [-0.39, 0.29) is 23.4 Å². The number of guanidine groups is 2. The molecule has 0 saturated heterocycles. The van der Waals surface area contributed by atoms with Crippen molar-refractivity contribution in [2.75, 3.05) is 5.32 Å². The summed E-state index contributed by atoms with van der Waals surface area (Å²) < 4.78 is 0. The molecule has 21 heavy (non-hydrogen) atoms. The molecule has 2 aromatic rings. The summed E-state index contributed by atoms with van der Waals surface area (Å²) in [6, 6.07) is 10.6. The number of hydrogen-bond donors (Lipinski definition) is 4. The van der Waals surface area contributed by atoms with Crippen LogP contribution in [0.1, 0.15) is 5.69 Å². The Labute approximate surface area is 120 Å². The number of para-hydroxylation sites is 1. The topological polar surface area (TPSA) is 135 Å². The molecule has 6 N–H and O–H groups in total. The van der Waals surface area contributed by atoms with Crippen LogP contribution in [-0.4, -0.2) is 21.9 Å². The summed E-state index contributed by atoms with van der Waals surface area (Å²) in [6.45, 7) is 1.69. The van der Waals surface area contributed by atoms with Gasteiger partial charge < -0.3 is 16.8 Å². The van der Waals surface area contributed by atoms with Crippen LogP contribution in [0.25, 0.3) is 0 Å². The second-order valence-electron chi connectivity index (χ2n) is 4.17. The van der Waals surface area contributed by atoms with Crippen LogP contribution in [0.5, 0.6) is 0 Å². The second-order valence-corrected chi connectivity index (χ2v) is 4.17. The highest BCUT2D eigenvalue weighted by Crippen LogP contribution is 2.08. The summed E-state index contributed by atoms with van der Waals surface area (Å²) in [6.07, 6.45) is 0. The van der Waals surface area contributed by atoms with E-state index in [4.69, 9.17) is 11.5 Å². The van der Waals surface area contributed by atoms with E-state index in [2.05, 4.69) is 25.3 Å². The van der Waals surface area contributed by atoms with Crippen LogP contribution in [0.4, 0.5) is 11.6 Å². The summed E-state index contributed by atoms with van der Waals surface area (Å²) >= 11 is 0. The van der Waals surface area contributed by atoms with E-state index in [0.29, 0.717) is 5.69 Å². The van der Waals surface area contributed by atoms with Gasteiger partial charge in [0, 0.05) is 17.4 Å². The van der Waals surface area contributed by atoms with Crippen LogP contribution >= 0.6 is 0 Å². The van der Waals surface area contributed by atoms with Crippen molar-refractivity contribution in [3.05, 3.63) is 52.4 Å². The number of nitrogens with two attached hydrogens (primary N) is 2. The van der Waals surface area contributed by atoms with Gasteiger partial charge in [0.2, 0.25) is 11.9 Å². The highest BCUT2D eigenvalue weighted by molar-refractivity contribution is 6.02. The number of nitrogens with one attached hydrogen (secondary N) is 2. The Bertz CT molecular complexity index is 730. The number of H-pyrrole nitrogens is 1. The van der Waals surface area contributed by atoms with Gasteiger partial charge in [-0.3, -0.25) is 9.78 Å². The predicted octanol–water partition coefficient (Wildman–Crippen LogP) is 0.451. The number of aromatic nitrogens is 2. The van der Waals surface area contributed by atoms with Gasteiger partial charge in [0.25, 0.3) is 5.56 Å². The van der Waals surface area contributed by atoms with Crippen LogP contribution in [0.15, 0.2) is 51.2 Å². The maximum Gasteiger partial charge on any atom is 0.252 e. The number of anilines is 1. The van der Waals surface area contributed by atoms with Gasteiger partial charge in [0.05, 0.1) is 0 Å². The molecule has 0 radical (unpaired) electrons. The molecule has 8 heteroatoms. The van der Waals surface area contributed by atoms with Gasteiger partial charge in [-0.1, -0.05) is 18.2 Å². The van der Waals surface area contributed by atoms with Crippen molar-refractivity contribution >= 4 is 23.6 Å². The molecule has 0 aliphatic carbocycles. The van der Waals surface area contributed by atoms with E-state index >= 15 is 0 Å². The van der Waals surface area contributed by atoms with Gasteiger partial charge in [-0.15, -0.1) is 0 Å². The van der Waals surface area contributed by atoms with Gasteiger partial charge in [-0.2, -0.15) is 9.98 Å². The lowest BCUT2D eigenvalue weighted by Gasteiger charge is -2.05. The summed E-state index contributed by atoms with van der Waals surface area (Å²) in [7, 11) is 0. The molecule has 1 aromatic carbocycles. The standard InChI is InChI=1S/C13H15N7O/c1-8-7-10(21)18-12(16-8)20-13(19-11(14)15)17-9-5-3-2-4-6-9/h2-7H,1H3,(H6,14,15,16,17,18,19,20,21). The fourth-order valence-corrected chi connectivity index (χ4v) is 1.57. The lowest BCUT2D eigenvalue weighted by molar-refractivity contribution is 1.05. The van der Waals surface area contributed by atoms with Crippen LogP contribution in [0, 0.1) is 6.92 Å². The molecular formula is C13H15N7O. The Morgan fingerprint density at radius 3 is 2.62 bits per heavy atom. The lowest BCUT2D eigenvalue weighted by atomic mass is 10.3. The van der Waals surface area contributed by atoms with Crippen molar-refractivity contribution in [2.45, 2.75) is 6.92 Å². The first kappa shape index (κ1) is 14.3. The fourth-order valence-electron chi connectivity index (χ4n) is 1.57. The number of aromatic amines is 1. The zero-order valence-corrected chi connectivity index (χ0v) is 11.4. The molecular weight excluding hydrogens is 270 g/mol. The van der Waals surface area contributed by atoms with Gasteiger partial charge in [0.1, 0.15) is 0 Å². The maximum atomic E-state index is 11.4. The number of aliphatic imine (C=N–C) groups is 2. The van der Waals surface area contributed by atoms with Crippen molar-refractivity contribution < 1.29 is 0 Å². The monoisotopic (exact) mass is 285 g/mol. The molecule has 8 nitrogen and oxygen atoms in total. The molecule has 0 spiro atoms. The molecule has 2 rings (SSSR count). The minimum atomic E-state index is -0.301. The summed E-state index contributed by atoms with van der Waals surface area (Å²) in [5.74, 6) is 0.0746. The molecule has 0 aliphatic rings. The molecule has 0 bridgehead atoms. The van der Waals surface area contributed by atoms with E-state index in [1.54, 1.807) is 6.92 Å². The van der Waals surface area contributed by atoms with Crippen LogP contribution < -0.4 is 22.3 Å². The van der Waals surface area contributed by atoms with E-state index in [1.807, 2.05) is 30.3 Å². The minimum Gasteiger partial charge on any atom is -0.370 e. The number of aryl methyl sites for hydroxylation is 1. The molecule has 1 aromatic heterocycles. The molecule has 0 aliphatic heterocycles. The molecule has 0 unspecified atom stereocenters. The molecule has 0 atom stereocenters. The average Bonchev–Trinajstić information content (AvgIpc) is 2.37. The lowest BCUT2D eigenvalue weighted by Crippen LogP contribution is -2.26. The second kappa shape index (κ2) is 6.33. The van der Waals surface area contributed by atoms with Crippen LogP contribution in [0.2, 0.25) is 0 Å². The van der Waals surface area contributed by atoms with Crippen molar-refractivity contribution in [3.63, 3.8) is 0 Å². The van der Waals surface area contributed by atoms with E-state index in [9.17, 15) is 4.79 Å². The first-order valence-electron chi connectivity index (χ1n) is 6.11. The van der Waals surface area contributed by atoms with E-state index < -0.39 is 0 Å². The Balaban J connectivity index is 2.37. The number of nitrogens with zero attached hydrogens (tertiary/aromatic N) is 3. The van der Waals surface area contributed by atoms with Gasteiger partial charge >= 0.3 is 0 Å². The minimum absolute atomic E-state index is 0.114. The molecule has 0 saturated carbocycles. The molecule has 1 heterocycles. The third-order valence-electron chi connectivity index (χ3n) is 2.33. The van der Waals surface area contributed by atoms with Crippen LogP contribution in [-0.2, 0) is 0 Å². The first-order valence-corrected chi connectivity index (χ1v) is 6.11. The quantitative estimate of drug-likeness (QED) is 0.469. The molecule has 0 fully saturated rings. The third kappa shape index (κ3) is 4.46. The third-order valence-corrected chi connectivity index (χ3v) is 2.33. The van der Waals surface area contributed by atoms with Gasteiger partial charge in [0.15, 0.2) is 5.96 Å². The Kier molecular flexibility index (Phi) is 4.30. The number of hydrogen-bond acceptors (Lipinski definition) is 3. The predicted molar refractivity (Wildman–Crippen MR) is 82.6 cm³/mol. The Hall–Kier alpha value is -3.16. The fraction of sp³-hybridized carbons (Fsp3) is 0.0769. The Morgan fingerprint density at radius 2 is 2.00 bits per heavy atom. The Morgan fingerprint density at radius 1 is 1.29 bits per heavy atom. The summed E-state index contributed by atoms with van der Waals surface area (Å²) in [5, 5.41) is 2.94. The SMILES string of the molecule is Cc1cc(=O)[nH]c(/N=C(/N=C(N)N)Nc2ccccc2)n1. The van der Waals surface area contributed by atoms with Crippen molar-refractivity contribution in [1.29, 1.82) is 0 Å². The number of benzene rings is 1. The summed E-state index contributed by atoms with van der Waals surface area (Å²) in [4.78, 5) is 26.0. The van der Waals surface area contributed by atoms with Crippen molar-refractivity contribution in [1.82, 2.24) is 9.97 Å². The maximum absolute atomic E-state index is 11.4. The molecule has 108 valence electrons.